The molecule has 1 aromatic carbocycles. The fraction of sp³-hybridized carbons (Fsp3) is 0.400. The lowest BCUT2D eigenvalue weighted by atomic mass is 10.1. The Morgan fingerprint density at radius 3 is 3.05 bits per heavy atom. The van der Waals surface area contributed by atoms with Crippen LogP contribution in [-0.4, -0.2) is 16.4 Å². The van der Waals surface area contributed by atoms with Gasteiger partial charge in [0.1, 0.15) is 24.7 Å². The molecular formula is C15H19N3O2. The molecule has 3 rings (SSSR count). The third kappa shape index (κ3) is 2.49. The molecule has 0 fully saturated rings. The standard InChI is InChI=1S/C15H19N3O2/c1-10(2)18-6-5-11(17-18)8-19-12-3-4-13-14(16)9-20-15(13)7-12/h3-7,10,14H,8-9,16H2,1-2H3. The number of benzene rings is 1. The van der Waals surface area contributed by atoms with E-state index < -0.39 is 0 Å². The van der Waals surface area contributed by atoms with Gasteiger partial charge in [-0.25, -0.2) is 0 Å². The zero-order chi connectivity index (χ0) is 14.1. The summed E-state index contributed by atoms with van der Waals surface area (Å²) in [6, 6.07) is 8.09. The number of hydrogen-bond donors (Lipinski definition) is 1. The number of aromatic nitrogens is 2. The van der Waals surface area contributed by atoms with Gasteiger partial charge in [-0.2, -0.15) is 5.10 Å². The van der Waals surface area contributed by atoms with Gasteiger partial charge in [0.25, 0.3) is 0 Å². The molecule has 0 radical (unpaired) electrons. The second kappa shape index (κ2) is 5.17. The molecule has 1 atom stereocenters. The van der Waals surface area contributed by atoms with Crippen molar-refractivity contribution in [2.24, 2.45) is 5.73 Å². The highest BCUT2D eigenvalue weighted by atomic mass is 16.5. The van der Waals surface area contributed by atoms with Crippen LogP contribution in [0.25, 0.3) is 0 Å². The smallest absolute Gasteiger partial charge is 0.132 e. The van der Waals surface area contributed by atoms with Crippen LogP contribution in [0.2, 0.25) is 0 Å². The van der Waals surface area contributed by atoms with Gasteiger partial charge in [-0.15, -0.1) is 0 Å². The Kier molecular flexibility index (Phi) is 3.36. The summed E-state index contributed by atoms with van der Waals surface area (Å²) in [4.78, 5) is 0. The first kappa shape index (κ1) is 13.0. The van der Waals surface area contributed by atoms with Gasteiger partial charge in [0, 0.05) is 23.9 Å². The number of nitrogens with two attached hydrogens (primary N) is 1. The number of fused-ring (bicyclic) bond motifs is 1. The van der Waals surface area contributed by atoms with Crippen LogP contribution in [0.4, 0.5) is 0 Å². The maximum Gasteiger partial charge on any atom is 0.132 e. The zero-order valence-electron chi connectivity index (χ0n) is 11.7. The third-order valence-corrected chi connectivity index (χ3v) is 3.38. The molecule has 0 saturated carbocycles. The topological polar surface area (TPSA) is 62.3 Å². The van der Waals surface area contributed by atoms with Crippen LogP contribution < -0.4 is 15.2 Å². The number of ether oxygens (including phenoxy) is 2. The molecule has 0 spiro atoms. The van der Waals surface area contributed by atoms with Crippen molar-refractivity contribution in [2.45, 2.75) is 32.5 Å². The molecule has 106 valence electrons. The average molecular weight is 273 g/mol. The summed E-state index contributed by atoms with van der Waals surface area (Å²) in [6.45, 7) is 5.18. The Balaban J connectivity index is 1.66. The van der Waals surface area contributed by atoms with E-state index in [1.165, 1.54) is 0 Å². The molecule has 5 heteroatoms. The van der Waals surface area contributed by atoms with Crippen LogP contribution in [0.1, 0.15) is 37.2 Å². The highest BCUT2D eigenvalue weighted by molar-refractivity contribution is 5.44. The first-order valence-corrected chi connectivity index (χ1v) is 6.82. The lowest BCUT2D eigenvalue weighted by molar-refractivity contribution is 0.294. The molecule has 1 aliphatic heterocycles. The Labute approximate surface area is 118 Å². The van der Waals surface area contributed by atoms with Crippen LogP contribution in [0.5, 0.6) is 11.5 Å². The summed E-state index contributed by atoms with van der Waals surface area (Å²) in [5.74, 6) is 1.60. The molecule has 1 aliphatic rings. The quantitative estimate of drug-likeness (QED) is 0.929. The minimum atomic E-state index is -0.0270. The summed E-state index contributed by atoms with van der Waals surface area (Å²) in [5, 5.41) is 4.45. The van der Waals surface area contributed by atoms with E-state index >= 15 is 0 Å². The van der Waals surface area contributed by atoms with Crippen molar-refractivity contribution in [3.63, 3.8) is 0 Å². The number of nitrogens with zero attached hydrogens (tertiary/aromatic N) is 2. The average Bonchev–Trinajstić information content (AvgIpc) is 3.04. The first-order chi connectivity index (χ1) is 9.63. The number of rotatable bonds is 4. The van der Waals surface area contributed by atoms with Crippen LogP contribution in [0.3, 0.4) is 0 Å². The molecule has 1 aromatic heterocycles. The summed E-state index contributed by atoms with van der Waals surface area (Å²) in [6.07, 6.45) is 1.97. The molecular weight excluding hydrogens is 254 g/mol. The van der Waals surface area contributed by atoms with Gasteiger partial charge in [0.15, 0.2) is 0 Å². The highest BCUT2D eigenvalue weighted by Gasteiger charge is 2.20. The molecule has 0 saturated heterocycles. The molecule has 0 bridgehead atoms. The summed E-state index contributed by atoms with van der Waals surface area (Å²) >= 11 is 0. The minimum absolute atomic E-state index is 0.0270. The maximum absolute atomic E-state index is 5.91. The Bertz CT molecular complexity index is 607. The summed E-state index contributed by atoms with van der Waals surface area (Å²) in [5.41, 5.74) is 7.87. The van der Waals surface area contributed by atoms with Crippen molar-refractivity contribution in [3.8, 4) is 11.5 Å². The third-order valence-electron chi connectivity index (χ3n) is 3.38. The summed E-state index contributed by atoms with van der Waals surface area (Å²) in [7, 11) is 0. The van der Waals surface area contributed by atoms with E-state index in [4.69, 9.17) is 15.2 Å². The SMILES string of the molecule is CC(C)n1ccc(COc2ccc3c(c2)OCC3N)n1. The van der Waals surface area contributed by atoms with Crippen molar-refractivity contribution in [1.29, 1.82) is 0 Å². The van der Waals surface area contributed by atoms with Crippen molar-refractivity contribution in [2.75, 3.05) is 6.61 Å². The van der Waals surface area contributed by atoms with Gasteiger partial charge in [0.2, 0.25) is 0 Å². The van der Waals surface area contributed by atoms with Gasteiger partial charge in [-0.3, -0.25) is 4.68 Å². The normalized spacial score (nSPS) is 17.1. The molecule has 2 N–H and O–H groups in total. The maximum atomic E-state index is 5.91. The van der Waals surface area contributed by atoms with Gasteiger partial charge < -0.3 is 15.2 Å². The molecule has 0 aliphatic carbocycles. The van der Waals surface area contributed by atoms with Crippen molar-refractivity contribution in [1.82, 2.24) is 9.78 Å². The van der Waals surface area contributed by atoms with Crippen molar-refractivity contribution in [3.05, 3.63) is 41.7 Å². The molecule has 1 unspecified atom stereocenters. The molecule has 0 amide bonds. The van der Waals surface area contributed by atoms with E-state index in [2.05, 4.69) is 18.9 Å². The van der Waals surface area contributed by atoms with E-state index in [0.717, 1.165) is 22.8 Å². The van der Waals surface area contributed by atoms with Gasteiger partial charge >= 0.3 is 0 Å². The van der Waals surface area contributed by atoms with Gasteiger partial charge in [-0.1, -0.05) is 0 Å². The predicted octanol–water partition coefficient (Wildman–Crippen LogP) is 2.44. The lowest BCUT2D eigenvalue weighted by Gasteiger charge is -2.07. The predicted molar refractivity (Wildman–Crippen MR) is 75.8 cm³/mol. The van der Waals surface area contributed by atoms with Crippen LogP contribution in [-0.2, 0) is 6.61 Å². The van der Waals surface area contributed by atoms with Crippen LogP contribution in [0.15, 0.2) is 30.5 Å². The Hall–Kier alpha value is -2.01. The van der Waals surface area contributed by atoms with Gasteiger partial charge in [0.05, 0.1) is 11.7 Å². The monoisotopic (exact) mass is 273 g/mol. The molecule has 20 heavy (non-hydrogen) atoms. The highest BCUT2D eigenvalue weighted by Crippen LogP contribution is 2.34. The Morgan fingerprint density at radius 1 is 1.45 bits per heavy atom. The van der Waals surface area contributed by atoms with E-state index in [9.17, 15) is 0 Å². The molecule has 2 heterocycles. The second-order valence-electron chi connectivity index (χ2n) is 5.29. The Morgan fingerprint density at radius 2 is 2.30 bits per heavy atom. The molecule has 2 aromatic rings. The summed E-state index contributed by atoms with van der Waals surface area (Å²) < 4.78 is 13.2. The van der Waals surface area contributed by atoms with E-state index in [-0.39, 0.29) is 6.04 Å². The fourth-order valence-corrected chi connectivity index (χ4v) is 2.20. The fourth-order valence-electron chi connectivity index (χ4n) is 2.20. The van der Waals surface area contributed by atoms with E-state index in [1.807, 2.05) is 35.1 Å². The second-order valence-corrected chi connectivity index (χ2v) is 5.29. The van der Waals surface area contributed by atoms with E-state index in [1.54, 1.807) is 0 Å². The first-order valence-electron chi connectivity index (χ1n) is 6.82. The van der Waals surface area contributed by atoms with Crippen molar-refractivity contribution >= 4 is 0 Å². The zero-order valence-corrected chi connectivity index (χ0v) is 11.7. The van der Waals surface area contributed by atoms with Crippen LogP contribution >= 0.6 is 0 Å². The lowest BCUT2D eigenvalue weighted by Crippen LogP contribution is -2.10. The molecule has 5 nitrogen and oxygen atoms in total. The van der Waals surface area contributed by atoms with Gasteiger partial charge in [-0.05, 0) is 32.0 Å². The number of hydrogen-bond acceptors (Lipinski definition) is 4. The van der Waals surface area contributed by atoms with E-state index in [0.29, 0.717) is 19.3 Å². The van der Waals surface area contributed by atoms with Crippen molar-refractivity contribution < 1.29 is 9.47 Å². The minimum Gasteiger partial charge on any atom is -0.491 e. The van der Waals surface area contributed by atoms with Crippen LogP contribution in [0, 0.1) is 0 Å². The largest absolute Gasteiger partial charge is 0.491 e.